The molecule has 100 valence electrons. The van der Waals surface area contributed by atoms with Crippen molar-refractivity contribution < 1.29 is 4.74 Å². The Kier molecular flexibility index (Phi) is 4.93. The number of para-hydroxylation sites is 1. The highest BCUT2D eigenvalue weighted by Gasteiger charge is 2.13. The number of methoxy groups -OCH3 is 1. The second-order valence-electron chi connectivity index (χ2n) is 4.44. The third kappa shape index (κ3) is 3.55. The molecule has 0 saturated heterocycles. The maximum absolute atomic E-state index is 5.43. The maximum atomic E-state index is 5.43. The zero-order valence-electron chi connectivity index (χ0n) is 11.5. The molecule has 1 aromatic heterocycles. The second kappa shape index (κ2) is 6.90. The Morgan fingerprint density at radius 2 is 2.05 bits per heavy atom. The van der Waals surface area contributed by atoms with E-state index in [1.165, 1.54) is 11.1 Å². The van der Waals surface area contributed by atoms with Crippen molar-refractivity contribution in [3.63, 3.8) is 0 Å². The van der Waals surface area contributed by atoms with Gasteiger partial charge in [-0.1, -0.05) is 31.2 Å². The number of benzene rings is 1. The normalized spacial score (nSPS) is 12.1. The second-order valence-corrected chi connectivity index (χ2v) is 4.44. The van der Waals surface area contributed by atoms with Crippen LogP contribution in [0.15, 0.2) is 48.8 Å². The molecule has 0 bridgehead atoms. The lowest BCUT2D eigenvalue weighted by Gasteiger charge is -2.20. The lowest BCUT2D eigenvalue weighted by Crippen LogP contribution is -2.20. The molecule has 0 fully saturated rings. The molecule has 0 radical (unpaired) electrons. The lowest BCUT2D eigenvalue weighted by atomic mass is 10.0. The zero-order chi connectivity index (χ0) is 13.5. The lowest BCUT2D eigenvalue weighted by molar-refractivity contribution is 0.396. The highest BCUT2D eigenvalue weighted by Crippen LogP contribution is 2.26. The topological polar surface area (TPSA) is 34.2 Å². The Balaban J connectivity index is 2.08. The molecule has 0 amide bonds. The Labute approximate surface area is 114 Å². The quantitative estimate of drug-likeness (QED) is 0.860. The van der Waals surface area contributed by atoms with Gasteiger partial charge in [-0.2, -0.15) is 0 Å². The zero-order valence-corrected chi connectivity index (χ0v) is 11.5. The number of ether oxygens (including phenoxy) is 1. The van der Waals surface area contributed by atoms with Crippen LogP contribution in [0, 0.1) is 0 Å². The SMILES string of the molecule is CCC(NCc1cccnc1)c1ccccc1OC. The van der Waals surface area contributed by atoms with Gasteiger partial charge in [0.15, 0.2) is 0 Å². The summed E-state index contributed by atoms with van der Waals surface area (Å²) >= 11 is 0. The summed E-state index contributed by atoms with van der Waals surface area (Å²) < 4.78 is 5.43. The first-order valence-electron chi connectivity index (χ1n) is 6.60. The number of hydrogen-bond donors (Lipinski definition) is 1. The fraction of sp³-hybridized carbons (Fsp3) is 0.312. The molecule has 3 nitrogen and oxygen atoms in total. The predicted octanol–water partition coefficient (Wildman–Crippen LogP) is 3.33. The van der Waals surface area contributed by atoms with Gasteiger partial charge < -0.3 is 10.1 Å². The van der Waals surface area contributed by atoms with Crippen LogP contribution >= 0.6 is 0 Å². The van der Waals surface area contributed by atoms with E-state index in [9.17, 15) is 0 Å². The minimum atomic E-state index is 0.288. The average Bonchev–Trinajstić information content (AvgIpc) is 2.49. The molecule has 0 aliphatic rings. The largest absolute Gasteiger partial charge is 0.496 e. The van der Waals surface area contributed by atoms with Gasteiger partial charge >= 0.3 is 0 Å². The Morgan fingerprint density at radius 3 is 2.74 bits per heavy atom. The summed E-state index contributed by atoms with van der Waals surface area (Å²) in [5.41, 5.74) is 2.40. The molecule has 0 spiro atoms. The molecule has 1 heterocycles. The monoisotopic (exact) mass is 256 g/mol. The minimum absolute atomic E-state index is 0.288. The molecule has 1 N–H and O–H groups in total. The van der Waals surface area contributed by atoms with Crippen LogP contribution in [0.4, 0.5) is 0 Å². The molecule has 3 heteroatoms. The van der Waals surface area contributed by atoms with Gasteiger partial charge in [0, 0.05) is 30.5 Å². The summed E-state index contributed by atoms with van der Waals surface area (Å²) in [6.45, 7) is 2.98. The number of nitrogens with zero attached hydrogens (tertiary/aromatic N) is 1. The van der Waals surface area contributed by atoms with E-state index < -0.39 is 0 Å². The maximum Gasteiger partial charge on any atom is 0.123 e. The van der Waals surface area contributed by atoms with Gasteiger partial charge in [0.05, 0.1) is 7.11 Å². The van der Waals surface area contributed by atoms with Crippen LogP contribution in [-0.4, -0.2) is 12.1 Å². The first kappa shape index (κ1) is 13.6. The van der Waals surface area contributed by atoms with E-state index >= 15 is 0 Å². The molecule has 0 saturated carbocycles. The number of rotatable bonds is 6. The van der Waals surface area contributed by atoms with Gasteiger partial charge in [-0.05, 0) is 24.1 Å². The van der Waals surface area contributed by atoms with Crippen LogP contribution in [0.2, 0.25) is 0 Å². The van der Waals surface area contributed by atoms with Crippen molar-refractivity contribution in [2.75, 3.05) is 7.11 Å². The van der Waals surface area contributed by atoms with Crippen LogP contribution in [0.3, 0.4) is 0 Å². The highest BCUT2D eigenvalue weighted by molar-refractivity contribution is 5.35. The molecule has 0 aliphatic carbocycles. The van der Waals surface area contributed by atoms with Crippen molar-refractivity contribution in [1.82, 2.24) is 10.3 Å². The van der Waals surface area contributed by atoms with Crippen molar-refractivity contribution in [3.8, 4) is 5.75 Å². The van der Waals surface area contributed by atoms with Gasteiger partial charge in [0.1, 0.15) is 5.75 Å². The fourth-order valence-electron chi connectivity index (χ4n) is 2.17. The Morgan fingerprint density at radius 1 is 1.21 bits per heavy atom. The fourth-order valence-corrected chi connectivity index (χ4v) is 2.17. The molecule has 0 aliphatic heterocycles. The first-order valence-corrected chi connectivity index (χ1v) is 6.60. The van der Waals surface area contributed by atoms with Crippen molar-refractivity contribution >= 4 is 0 Å². The van der Waals surface area contributed by atoms with E-state index in [0.717, 1.165) is 18.7 Å². The summed E-state index contributed by atoms with van der Waals surface area (Å²) in [4.78, 5) is 4.13. The molecule has 1 unspecified atom stereocenters. The summed E-state index contributed by atoms with van der Waals surface area (Å²) in [6, 6.07) is 12.5. The molecule has 2 aromatic rings. The van der Waals surface area contributed by atoms with Gasteiger partial charge in [-0.3, -0.25) is 4.98 Å². The van der Waals surface area contributed by atoms with E-state index in [1.54, 1.807) is 13.3 Å². The van der Waals surface area contributed by atoms with Gasteiger partial charge in [0.2, 0.25) is 0 Å². The standard InChI is InChI=1S/C16H20N2O/c1-3-15(14-8-4-5-9-16(14)19-2)18-12-13-7-6-10-17-11-13/h4-11,15,18H,3,12H2,1-2H3. The van der Waals surface area contributed by atoms with Gasteiger partial charge in [0.25, 0.3) is 0 Å². The molecule has 1 atom stereocenters. The first-order chi connectivity index (χ1) is 9.35. The molecular formula is C16H20N2O. The smallest absolute Gasteiger partial charge is 0.123 e. The molecule has 2 rings (SSSR count). The van der Waals surface area contributed by atoms with E-state index in [1.807, 2.05) is 30.5 Å². The summed E-state index contributed by atoms with van der Waals surface area (Å²) in [7, 11) is 1.71. The average molecular weight is 256 g/mol. The van der Waals surface area contributed by atoms with Crippen molar-refractivity contribution in [2.45, 2.75) is 25.9 Å². The highest BCUT2D eigenvalue weighted by atomic mass is 16.5. The van der Waals surface area contributed by atoms with E-state index in [-0.39, 0.29) is 6.04 Å². The van der Waals surface area contributed by atoms with Gasteiger partial charge in [-0.25, -0.2) is 0 Å². The van der Waals surface area contributed by atoms with Crippen molar-refractivity contribution in [2.24, 2.45) is 0 Å². The third-order valence-corrected chi connectivity index (χ3v) is 3.20. The minimum Gasteiger partial charge on any atom is -0.496 e. The Hall–Kier alpha value is -1.87. The third-order valence-electron chi connectivity index (χ3n) is 3.20. The van der Waals surface area contributed by atoms with Crippen LogP contribution < -0.4 is 10.1 Å². The molecule has 1 aromatic carbocycles. The summed E-state index contributed by atoms with van der Waals surface area (Å²) in [5, 5.41) is 3.56. The molecular weight excluding hydrogens is 236 g/mol. The van der Waals surface area contributed by atoms with Crippen LogP contribution in [0.5, 0.6) is 5.75 Å². The van der Waals surface area contributed by atoms with Crippen LogP contribution in [0.1, 0.15) is 30.5 Å². The van der Waals surface area contributed by atoms with E-state index in [2.05, 4.69) is 29.4 Å². The van der Waals surface area contributed by atoms with Gasteiger partial charge in [-0.15, -0.1) is 0 Å². The Bertz CT molecular complexity index is 499. The molecule has 19 heavy (non-hydrogen) atoms. The van der Waals surface area contributed by atoms with E-state index in [0.29, 0.717) is 0 Å². The van der Waals surface area contributed by atoms with E-state index in [4.69, 9.17) is 4.74 Å². The number of hydrogen-bond acceptors (Lipinski definition) is 3. The van der Waals surface area contributed by atoms with Crippen molar-refractivity contribution in [3.05, 3.63) is 59.9 Å². The van der Waals surface area contributed by atoms with Crippen LogP contribution in [0.25, 0.3) is 0 Å². The number of nitrogens with one attached hydrogen (secondary N) is 1. The van der Waals surface area contributed by atoms with Crippen LogP contribution in [-0.2, 0) is 6.54 Å². The number of aromatic nitrogens is 1. The number of pyridine rings is 1. The summed E-state index contributed by atoms with van der Waals surface area (Å²) in [6.07, 6.45) is 4.70. The van der Waals surface area contributed by atoms with Crippen molar-refractivity contribution in [1.29, 1.82) is 0 Å². The predicted molar refractivity (Wildman–Crippen MR) is 77.1 cm³/mol. The summed E-state index contributed by atoms with van der Waals surface area (Å²) in [5.74, 6) is 0.938.